The van der Waals surface area contributed by atoms with Gasteiger partial charge in [-0.1, -0.05) is 18.2 Å². The standard InChI is InChI=1S/C23H17N3O3/c1-29-15-9-10-18-16(12-15)17(13-25-18)20-21(19-8-5-11-24-19)23(28)26(22(20)27)14-6-3-2-4-7-14/h2-13,24-25H,1H3. The molecule has 2 aromatic carbocycles. The van der Waals surface area contributed by atoms with Crippen molar-refractivity contribution < 1.29 is 14.3 Å². The normalized spacial score (nSPS) is 14.3. The van der Waals surface area contributed by atoms with Crippen molar-refractivity contribution in [3.8, 4) is 5.75 Å². The molecule has 1 aliphatic heterocycles. The Balaban J connectivity index is 1.76. The van der Waals surface area contributed by atoms with Crippen molar-refractivity contribution in [3.05, 3.63) is 84.3 Å². The molecular formula is C23H17N3O3. The minimum atomic E-state index is -0.352. The number of carbonyl (C=O) groups is 2. The molecule has 0 unspecified atom stereocenters. The first-order valence-electron chi connectivity index (χ1n) is 9.16. The maximum Gasteiger partial charge on any atom is 0.268 e. The largest absolute Gasteiger partial charge is 0.497 e. The number of imide groups is 1. The van der Waals surface area contributed by atoms with Crippen LogP contribution in [0.4, 0.5) is 5.69 Å². The Hall–Kier alpha value is -4.06. The quantitative estimate of drug-likeness (QED) is 0.523. The van der Waals surface area contributed by atoms with Gasteiger partial charge >= 0.3 is 0 Å². The van der Waals surface area contributed by atoms with Gasteiger partial charge in [0.1, 0.15) is 5.75 Å². The highest BCUT2D eigenvalue weighted by atomic mass is 16.5. The zero-order chi connectivity index (χ0) is 20.0. The summed E-state index contributed by atoms with van der Waals surface area (Å²) in [7, 11) is 1.60. The van der Waals surface area contributed by atoms with Gasteiger partial charge < -0.3 is 14.7 Å². The zero-order valence-corrected chi connectivity index (χ0v) is 15.6. The van der Waals surface area contributed by atoms with Crippen LogP contribution in [0.5, 0.6) is 5.75 Å². The molecule has 3 heterocycles. The molecule has 29 heavy (non-hydrogen) atoms. The lowest BCUT2D eigenvalue weighted by Crippen LogP contribution is -2.31. The molecule has 0 radical (unpaired) electrons. The average molecular weight is 383 g/mol. The maximum absolute atomic E-state index is 13.5. The number of anilines is 1. The molecule has 0 fully saturated rings. The molecular weight excluding hydrogens is 366 g/mol. The SMILES string of the molecule is COc1ccc2[nH]cc(C3=C(c4ccc[nH]4)C(=O)N(c4ccccc4)C3=O)c2c1. The number of fused-ring (bicyclic) bond motifs is 1. The highest BCUT2D eigenvalue weighted by Gasteiger charge is 2.41. The number of nitrogens with zero attached hydrogens (tertiary/aromatic N) is 1. The summed E-state index contributed by atoms with van der Waals surface area (Å²) in [4.78, 5) is 34.4. The average Bonchev–Trinajstić information content (AvgIpc) is 3.46. The van der Waals surface area contributed by atoms with E-state index in [2.05, 4.69) is 9.97 Å². The minimum absolute atomic E-state index is 0.351. The third kappa shape index (κ3) is 2.57. The number of nitrogens with one attached hydrogen (secondary N) is 2. The topological polar surface area (TPSA) is 78.2 Å². The van der Waals surface area contributed by atoms with Gasteiger partial charge in [0, 0.05) is 28.9 Å². The molecule has 2 amide bonds. The van der Waals surface area contributed by atoms with Crippen molar-refractivity contribution in [3.63, 3.8) is 0 Å². The summed E-state index contributed by atoms with van der Waals surface area (Å²) in [5.41, 5.74) is 3.39. The second-order valence-corrected chi connectivity index (χ2v) is 6.73. The van der Waals surface area contributed by atoms with Gasteiger partial charge in [0.25, 0.3) is 11.8 Å². The molecule has 2 N–H and O–H groups in total. The van der Waals surface area contributed by atoms with Crippen LogP contribution in [0.15, 0.2) is 73.1 Å². The van der Waals surface area contributed by atoms with E-state index < -0.39 is 0 Å². The first kappa shape index (κ1) is 17.1. The van der Waals surface area contributed by atoms with Crippen molar-refractivity contribution in [1.82, 2.24) is 9.97 Å². The predicted molar refractivity (Wildman–Crippen MR) is 111 cm³/mol. The van der Waals surface area contributed by atoms with Gasteiger partial charge in [0.05, 0.1) is 29.6 Å². The van der Waals surface area contributed by atoms with Crippen LogP contribution in [0.1, 0.15) is 11.3 Å². The lowest BCUT2D eigenvalue weighted by molar-refractivity contribution is -0.119. The summed E-state index contributed by atoms with van der Waals surface area (Å²) in [5.74, 6) is -0.0255. The van der Waals surface area contributed by atoms with Crippen LogP contribution in [0.2, 0.25) is 0 Å². The summed E-state index contributed by atoms with van der Waals surface area (Å²) in [6, 6.07) is 18.2. The molecule has 4 aromatic rings. The van der Waals surface area contributed by atoms with Gasteiger partial charge in [0.2, 0.25) is 0 Å². The van der Waals surface area contributed by atoms with Gasteiger partial charge in [-0.05, 0) is 42.5 Å². The summed E-state index contributed by atoms with van der Waals surface area (Å²) in [6.45, 7) is 0. The van der Waals surface area contributed by atoms with E-state index in [1.807, 2.05) is 24.3 Å². The number of amides is 2. The molecule has 1 aliphatic rings. The van der Waals surface area contributed by atoms with Crippen molar-refractivity contribution in [1.29, 1.82) is 0 Å². The first-order valence-corrected chi connectivity index (χ1v) is 9.16. The fraction of sp³-hybridized carbons (Fsp3) is 0.0435. The highest BCUT2D eigenvalue weighted by molar-refractivity contribution is 6.57. The van der Waals surface area contributed by atoms with Crippen LogP contribution in [-0.2, 0) is 9.59 Å². The van der Waals surface area contributed by atoms with Crippen LogP contribution in [0, 0.1) is 0 Å². The van der Waals surface area contributed by atoms with Gasteiger partial charge in [0.15, 0.2) is 0 Å². The summed E-state index contributed by atoms with van der Waals surface area (Å²) in [5, 5.41) is 0.819. The molecule has 0 aliphatic carbocycles. The first-order chi connectivity index (χ1) is 14.2. The van der Waals surface area contributed by atoms with Gasteiger partial charge in [-0.3, -0.25) is 9.59 Å². The molecule has 5 rings (SSSR count). The van der Waals surface area contributed by atoms with E-state index in [1.165, 1.54) is 4.90 Å². The zero-order valence-electron chi connectivity index (χ0n) is 15.6. The van der Waals surface area contributed by atoms with E-state index >= 15 is 0 Å². The second-order valence-electron chi connectivity index (χ2n) is 6.73. The molecule has 0 saturated heterocycles. The third-order valence-electron chi connectivity index (χ3n) is 5.12. The number of benzene rings is 2. The number of aromatic amines is 2. The van der Waals surface area contributed by atoms with Crippen molar-refractivity contribution in [2.45, 2.75) is 0 Å². The fourth-order valence-electron chi connectivity index (χ4n) is 3.76. The molecule has 6 nitrogen and oxygen atoms in total. The highest BCUT2D eigenvalue weighted by Crippen LogP contribution is 2.40. The van der Waals surface area contributed by atoms with E-state index in [0.717, 1.165) is 10.9 Å². The number of ether oxygens (including phenoxy) is 1. The van der Waals surface area contributed by atoms with Crippen LogP contribution >= 0.6 is 0 Å². The third-order valence-corrected chi connectivity index (χ3v) is 5.12. The maximum atomic E-state index is 13.5. The van der Waals surface area contributed by atoms with E-state index in [4.69, 9.17) is 4.74 Å². The Labute approximate surface area is 166 Å². The van der Waals surface area contributed by atoms with Crippen LogP contribution < -0.4 is 9.64 Å². The summed E-state index contributed by atoms with van der Waals surface area (Å²) >= 11 is 0. The fourth-order valence-corrected chi connectivity index (χ4v) is 3.76. The number of hydrogen-bond donors (Lipinski definition) is 2. The molecule has 142 valence electrons. The Kier molecular flexibility index (Phi) is 3.84. The molecule has 0 atom stereocenters. The summed E-state index contributed by atoms with van der Waals surface area (Å²) < 4.78 is 5.35. The van der Waals surface area contributed by atoms with Crippen molar-refractivity contribution >= 4 is 39.6 Å². The summed E-state index contributed by atoms with van der Waals surface area (Å²) in [6.07, 6.45) is 3.50. The number of hydrogen-bond acceptors (Lipinski definition) is 3. The van der Waals surface area contributed by atoms with E-state index in [-0.39, 0.29) is 11.8 Å². The van der Waals surface area contributed by atoms with Gasteiger partial charge in [-0.2, -0.15) is 0 Å². The number of rotatable bonds is 4. The molecule has 2 aromatic heterocycles. The predicted octanol–water partition coefficient (Wildman–Crippen LogP) is 3.99. The molecule has 0 bridgehead atoms. The Bertz CT molecular complexity index is 1270. The number of methoxy groups -OCH3 is 1. The van der Waals surface area contributed by atoms with E-state index in [9.17, 15) is 9.59 Å². The second kappa shape index (κ2) is 6.53. The van der Waals surface area contributed by atoms with Gasteiger partial charge in [-0.15, -0.1) is 0 Å². The van der Waals surface area contributed by atoms with Crippen LogP contribution in [-0.4, -0.2) is 28.9 Å². The number of para-hydroxylation sites is 1. The van der Waals surface area contributed by atoms with E-state index in [0.29, 0.717) is 33.8 Å². The Morgan fingerprint density at radius 1 is 0.862 bits per heavy atom. The lowest BCUT2D eigenvalue weighted by atomic mass is 9.99. The molecule has 0 spiro atoms. The van der Waals surface area contributed by atoms with Crippen molar-refractivity contribution in [2.75, 3.05) is 12.0 Å². The number of aromatic nitrogens is 2. The van der Waals surface area contributed by atoms with Crippen molar-refractivity contribution in [2.24, 2.45) is 0 Å². The lowest BCUT2D eigenvalue weighted by Gasteiger charge is -2.14. The number of H-pyrrole nitrogens is 2. The van der Waals surface area contributed by atoms with E-state index in [1.54, 1.807) is 55.9 Å². The van der Waals surface area contributed by atoms with Crippen LogP contribution in [0.25, 0.3) is 22.0 Å². The monoisotopic (exact) mass is 383 g/mol. The van der Waals surface area contributed by atoms with Crippen LogP contribution in [0.3, 0.4) is 0 Å². The Morgan fingerprint density at radius 3 is 2.38 bits per heavy atom. The minimum Gasteiger partial charge on any atom is -0.497 e. The molecule has 0 saturated carbocycles. The smallest absolute Gasteiger partial charge is 0.268 e. The van der Waals surface area contributed by atoms with Gasteiger partial charge in [-0.25, -0.2) is 4.90 Å². The Morgan fingerprint density at radius 2 is 1.66 bits per heavy atom. The number of carbonyl (C=O) groups excluding carboxylic acids is 2. The molecule has 6 heteroatoms.